The first kappa shape index (κ1) is 18.7. The van der Waals surface area contributed by atoms with Gasteiger partial charge in [-0.15, -0.1) is 21.5 Å². The van der Waals surface area contributed by atoms with E-state index in [9.17, 15) is 0 Å². The molecule has 4 heterocycles. The van der Waals surface area contributed by atoms with Gasteiger partial charge < -0.3 is 8.97 Å². The van der Waals surface area contributed by atoms with Crippen molar-refractivity contribution < 1.29 is 0 Å². The van der Waals surface area contributed by atoms with Crippen LogP contribution >= 0.6 is 34.9 Å². The van der Waals surface area contributed by atoms with Crippen LogP contribution in [0.5, 0.6) is 0 Å². The number of hydrogen-bond acceptors (Lipinski definition) is 7. The van der Waals surface area contributed by atoms with Crippen LogP contribution in [-0.4, -0.2) is 29.1 Å². The van der Waals surface area contributed by atoms with Crippen molar-refractivity contribution >= 4 is 50.7 Å². The van der Waals surface area contributed by atoms with Crippen LogP contribution in [0.3, 0.4) is 0 Å². The van der Waals surface area contributed by atoms with Gasteiger partial charge in [0.1, 0.15) is 11.5 Å². The maximum Gasteiger partial charge on any atom is 0.191 e. The molecule has 146 valence electrons. The molecule has 0 saturated carbocycles. The smallest absolute Gasteiger partial charge is 0.191 e. The summed E-state index contributed by atoms with van der Waals surface area (Å²) in [5.74, 6) is 2.51. The van der Waals surface area contributed by atoms with E-state index in [1.54, 1.807) is 34.9 Å². The summed E-state index contributed by atoms with van der Waals surface area (Å²) in [7, 11) is 0. The minimum absolute atomic E-state index is 0.760. The molecule has 0 unspecified atom stereocenters. The Hall–Kier alpha value is -2.36. The molecule has 0 spiro atoms. The fourth-order valence-electron chi connectivity index (χ4n) is 3.08. The predicted octanol–water partition coefficient (Wildman–Crippen LogP) is 5.14. The van der Waals surface area contributed by atoms with E-state index in [0.717, 1.165) is 50.2 Å². The Morgan fingerprint density at radius 3 is 2.72 bits per heavy atom. The minimum atomic E-state index is 0.760. The van der Waals surface area contributed by atoms with Crippen LogP contribution < -0.4 is 0 Å². The van der Waals surface area contributed by atoms with E-state index in [4.69, 9.17) is 4.98 Å². The van der Waals surface area contributed by atoms with Gasteiger partial charge in [0.2, 0.25) is 0 Å². The Labute approximate surface area is 180 Å². The molecule has 4 aromatic heterocycles. The minimum Gasteiger partial charge on any atom is -0.307 e. The molecule has 1 aromatic carbocycles. The summed E-state index contributed by atoms with van der Waals surface area (Å²) in [5.41, 5.74) is 3.06. The highest BCUT2D eigenvalue weighted by Crippen LogP contribution is 2.32. The average Bonchev–Trinajstić information content (AvgIpc) is 3.45. The van der Waals surface area contributed by atoms with E-state index in [1.807, 2.05) is 34.9 Å². The number of thiazole rings is 1. The number of para-hydroxylation sites is 1. The molecule has 0 aliphatic carbocycles. The Kier molecular flexibility index (Phi) is 5.26. The van der Waals surface area contributed by atoms with E-state index in [-0.39, 0.29) is 0 Å². The molecule has 29 heavy (non-hydrogen) atoms. The van der Waals surface area contributed by atoms with Crippen LogP contribution in [-0.2, 0) is 18.1 Å². The van der Waals surface area contributed by atoms with Gasteiger partial charge in [0.25, 0.3) is 0 Å². The Balaban J connectivity index is 1.28. The third-order valence-electron chi connectivity index (χ3n) is 4.47. The van der Waals surface area contributed by atoms with Crippen LogP contribution in [0.1, 0.15) is 18.4 Å². The molecule has 0 saturated heterocycles. The number of pyridine rings is 1. The fourth-order valence-corrected chi connectivity index (χ4v) is 6.00. The molecule has 9 heteroatoms. The quantitative estimate of drug-likeness (QED) is 0.328. The van der Waals surface area contributed by atoms with Crippen molar-refractivity contribution in [3.05, 3.63) is 66.4 Å². The summed E-state index contributed by atoms with van der Waals surface area (Å²) in [4.78, 5) is 9.36. The Bertz CT molecular complexity index is 1110. The van der Waals surface area contributed by atoms with Crippen LogP contribution in [0.15, 0.2) is 64.4 Å². The van der Waals surface area contributed by atoms with Crippen molar-refractivity contribution in [3.63, 3.8) is 0 Å². The van der Waals surface area contributed by atoms with E-state index in [2.05, 4.69) is 51.1 Å². The van der Waals surface area contributed by atoms with Crippen LogP contribution in [0, 0.1) is 0 Å². The standard InChI is InChI=1S/C20H18N6S3/c1-2-26-18(13-28-20-22-15-7-3-4-8-16(15)29-20)23-24-19(26)27-12-14-11-25-10-6-5-9-17(25)21-14/h3-11H,2,12-13H2,1H3. The molecular formula is C20H18N6S3. The third kappa shape index (κ3) is 3.90. The molecule has 0 fully saturated rings. The van der Waals surface area contributed by atoms with Crippen molar-refractivity contribution in [2.75, 3.05) is 0 Å². The lowest BCUT2D eigenvalue weighted by atomic mass is 10.3. The normalized spacial score (nSPS) is 11.6. The van der Waals surface area contributed by atoms with Crippen LogP contribution in [0.25, 0.3) is 15.9 Å². The maximum absolute atomic E-state index is 4.70. The predicted molar refractivity (Wildman–Crippen MR) is 120 cm³/mol. The Morgan fingerprint density at radius 2 is 1.86 bits per heavy atom. The van der Waals surface area contributed by atoms with E-state index >= 15 is 0 Å². The van der Waals surface area contributed by atoms with Crippen molar-refractivity contribution in [2.24, 2.45) is 0 Å². The zero-order valence-corrected chi connectivity index (χ0v) is 18.2. The van der Waals surface area contributed by atoms with Crippen molar-refractivity contribution in [3.8, 4) is 0 Å². The Morgan fingerprint density at radius 1 is 0.966 bits per heavy atom. The molecule has 0 atom stereocenters. The molecular weight excluding hydrogens is 420 g/mol. The second kappa shape index (κ2) is 8.17. The highest BCUT2D eigenvalue weighted by atomic mass is 32.2. The number of hydrogen-bond donors (Lipinski definition) is 0. The fraction of sp³-hybridized carbons (Fsp3) is 0.200. The number of nitrogens with zero attached hydrogens (tertiary/aromatic N) is 6. The van der Waals surface area contributed by atoms with E-state index in [1.165, 1.54) is 4.70 Å². The van der Waals surface area contributed by atoms with Gasteiger partial charge in [-0.3, -0.25) is 0 Å². The van der Waals surface area contributed by atoms with Crippen LogP contribution in [0.4, 0.5) is 0 Å². The highest BCUT2D eigenvalue weighted by Gasteiger charge is 2.14. The van der Waals surface area contributed by atoms with Gasteiger partial charge in [-0.2, -0.15) is 0 Å². The number of thioether (sulfide) groups is 2. The van der Waals surface area contributed by atoms with Gasteiger partial charge in [-0.1, -0.05) is 41.7 Å². The first-order valence-corrected chi connectivity index (χ1v) is 12.0. The van der Waals surface area contributed by atoms with Crippen LogP contribution in [0.2, 0.25) is 0 Å². The number of benzene rings is 1. The summed E-state index contributed by atoms with van der Waals surface area (Å²) in [6.45, 7) is 2.97. The van der Waals surface area contributed by atoms with Crippen molar-refractivity contribution in [2.45, 2.75) is 34.5 Å². The second-order valence-corrected chi connectivity index (χ2v) is 9.56. The van der Waals surface area contributed by atoms with Gasteiger partial charge in [0.05, 0.1) is 21.7 Å². The lowest BCUT2D eigenvalue weighted by Gasteiger charge is -2.05. The van der Waals surface area contributed by atoms with Gasteiger partial charge in [-0.25, -0.2) is 9.97 Å². The first-order valence-electron chi connectivity index (χ1n) is 9.26. The lowest BCUT2D eigenvalue weighted by Crippen LogP contribution is -2.02. The third-order valence-corrected chi connectivity index (χ3v) is 7.65. The van der Waals surface area contributed by atoms with Crippen molar-refractivity contribution in [1.82, 2.24) is 29.1 Å². The topological polar surface area (TPSA) is 60.9 Å². The van der Waals surface area contributed by atoms with Gasteiger partial charge >= 0.3 is 0 Å². The largest absolute Gasteiger partial charge is 0.307 e. The van der Waals surface area contributed by atoms with Gasteiger partial charge in [0, 0.05) is 24.7 Å². The summed E-state index contributed by atoms with van der Waals surface area (Å²) < 4.78 is 6.51. The SMILES string of the molecule is CCn1c(CSc2nc3ccccc3s2)nnc1SCc1cn2ccccc2n1. The monoisotopic (exact) mass is 438 g/mol. The molecule has 0 radical (unpaired) electrons. The molecule has 6 nitrogen and oxygen atoms in total. The number of fused-ring (bicyclic) bond motifs is 2. The molecule has 0 bridgehead atoms. The molecule has 0 N–H and O–H groups in total. The number of imidazole rings is 1. The summed E-state index contributed by atoms with van der Waals surface area (Å²) in [6, 6.07) is 14.3. The molecule has 5 aromatic rings. The van der Waals surface area contributed by atoms with E-state index < -0.39 is 0 Å². The molecule has 0 aliphatic rings. The van der Waals surface area contributed by atoms with E-state index in [0.29, 0.717) is 0 Å². The second-order valence-electron chi connectivity index (χ2n) is 6.37. The maximum atomic E-state index is 4.70. The lowest BCUT2D eigenvalue weighted by molar-refractivity contribution is 0.659. The molecule has 5 rings (SSSR count). The molecule has 0 amide bonds. The highest BCUT2D eigenvalue weighted by molar-refractivity contribution is 8.00. The zero-order chi connectivity index (χ0) is 19.6. The van der Waals surface area contributed by atoms with Gasteiger partial charge in [0.15, 0.2) is 9.50 Å². The summed E-state index contributed by atoms with van der Waals surface area (Å²) >= 11 is 5.12. The molecule has 0 aliphatic heterocycles. The average molecular weight is 439 g/mol. The summed E-state index contributed by atoms with van der Waals surface area (Å²) in [6.07, 6.45) is 4.08. The number of aromatic nitrogens is 6. The van der Waals surface area contributed by atoms with Crippen molar-refractivity contribution in [1.29, 1.82) is 0 Å². The first-order chi connectivity index (χ1) is 14.3. The number of rotatable bonds is 7. The van der Waals surface area contributed by atoms with Gasteiger partial charge in [-0.05, 0) is 31.2 Å². The zero-order valence-electron chi connectivity index (χ0n) is 15.7. The summed E-state index contributed by atoms with van der Waals surface area (Å²) in [5, 5.41) is 9.79.